The molecule has 3 aromatic carbocycles. The van der Waals surface area contributed by atoms with Gasteiger partial charge in [-0.15, -0.1) is 68.6 Å². The molecule has 1 aliphatic heterocycles. The van der Waals surface area contributed by atoms with Crippen molar-refractivity contribution in [2.24, 2.45) is 10.2 Å². The van der Waals surface area contributed by atoms with Crippen LogP contribution in [0.1, 0.15) is 47.0 Å². The molecular weight excluding hydrogens is 713 g/mol. The lowest BCUT2D eigenvalue weighted by molar-refractivity contribution is 0.0777. The molecule has 2 aliphatic rings. The first-order valence-corrected chi connectivity index (χ1v) is 20.2. The lowest BCUT2D eigenvalue weighted by Gasteiger charge is -2.19. The molecule has 3 amide bonds. The Morgan fingerprint density at radius 3 is 2.00 bits per heavy atom. The molecule has 4 aromatic rings. The van der Waals surface area contributed by atoms with Gasteiger partial charge in [0.25, 0.3) is 17.7 Å². The molecule has 0 saturated carbocycles. The van der Waals surface area contributed by atoms with E-state index in [4.69, 9.17) is 0 Å². The summed E-state index contributed by atoms with van der Waals surface area (Å²) in [6.45, 7) is 0. The van der Waals surface area contributed by atoms with Crippen molar-refractivity contribution in [2.45, 2.75) is 23.8 Å². The van der Waals surface area contributed by atoms with E-state index in [-0.39, 0.29) is 34.0 Å². The van der Waals surface area contributed by atoms with Crippen LogP contribution in [0.15, 0.2) is 99.7 Å². The average molecular weight is 737 g/mol. The molecule has 238 valence electrons. The number of carbonyl (C=O) groups excluding carboxylic acids is 4. The van der Waals surface area contributed by atoms with Crippen LogP contribution in [-0.4, -0.2) is 57.9 Å². The van der Waals surface area contributed by atoms with Crippen LogP contribution < -0.4 is 5.32 Å². The average Bonchev–Trinajstić information content (AvgIpc) is 3.76. The molecule has 47 heavy (non-hydrogen) atoms. The highest BCUT2D eigenvalue weighted by molar-refractivity contribution is 8.04. The molecule has 15 heteroatoms. The smallest absolute Gasteiger partial charge is 0.274 e. The molecule has 0 radical (unpaired) electrons. The zero-order chi connectivity index (χ0) is 33.4. The van der Waals surface area contributed by atoms with Gasteiger partial charge < -0.3 is 10.4 Å². The van der Waals surface area contributed by atoms with E-state index in [1.54, 1.807) is 48.2 Å². The van der Waals surface area contributed by atoms with Gasteiger partial charge >= 0.3 is 0 Å². The van der Waals surface area contributed by atoms with Gasteiger partial charge in [0.05, 0.1) is 32.3 Å². The fourth-order valence-corrected chi connectivity index (χ4v) is 11.0. The molecule has 6 rings (SSSR count). The number of Topliss-reactive ketones (excluding diaryl/α,β-unsaturated/α-hetero) is 1. The maximum absolute atomic E-state index is 13.8. The van der Waals surface area contributed by atoms with Crippen molar-refractivity contribution in [3.8, 4) is 0 Å². The van der Waals surface area contributed by atoms with E-state index in [1.165, 1.54) is 58.8 Å². The zero-order valence-corrected chi connectivity index (χ0v) is 30.0. The Hall–Kier alpha value is -3.47. The standard InChI is InChI=1S/C32H24N4O5S6/c1-42-26-21-22(27(43-2)29(45-4)28(26)44-3)25(38)23(24(21)37)35-34-17-13-12-16(33-30(39)15-9-6-5-7-10-15)19-20(17)32(41)36(31(19)40)47-18-11-8-14-46-18/h5-14,37H,1-4H3,(H,33,39). The van der Waals surface area contributed by atoms with Crippen LogP contribution >= 0.6 is 70.3 Å². The molecule has 0 spiro atoms. The Morgan fingerprint density at radius 1 is 0.745 bits per heavy atom. The summed E-state index contributed by atoms with van der Waals surface area (Å²) in [7, 11) is 0. The first-order chi connectivity index (χ1) is 22.7. The third-order valence-corrected chi connectivity index (χ3v) is 12.9. The minimum atomic E-state index is -0.643. The van der Waals surface area contributed by atoms with Gasteiger partial charge in [0, 0.05) is 42.7 Å². The lowest BCUT2D eigenvalue weighted by Crippen LogP contribution is -2.22. The van der Waals surface area contributed by atoms with E-state index < -0.39 is 23.5 Å². The van der Waals surface area contributed by atoms with E-state index in [2.05, 4.69) is 15.5 Å². The number of carbonyl (C=O) groups is 4. The van der Waals surface area contributed by atoms with Crippen LogP contribution in [0.3, 0.4) is 0 Å². The summed E-state index contributed by atoms with van der Waals surface area (Å²) in [6.07, 6.45) is 7.67. The molecule has 0 unspecified atom stereocenters. The number of thiophene rings is 1. The number of anilines is 1. The van der Waals surface area contributed by atoms with Crippen molar-refractivity contribution in [3.63, 3.8) is 0 Å². The van der Waals surface area contributed by atoms with Gasteiger partial charge in [0.15, 0.2) is 11.5 Å². The number of amides is 3. The highest BCUT2D eigenvalue weighted by atomic mass is 32.2. The Labute approximate surface area is 295 Å². The zero-order valence-electron chi connectivity index (χ0n) is 25.1. The molecule has 0 bridgehead atoms. The van der Waals surface area contributed by atoms with Crippen LogP contribution in [0, 0.1) is 0 Å². The molecule has 0 saturated heterocycles. The first kappa shape index (κ1) is 33.4. The van der Waals surface area contributed by atoms with Crippen LogP contribution in [0.4, 0.5) is 11.4 Å². The van der Waals surface area contributed by atoms with E-state index >= 15 is 0 Å². The molecule has 1 aliphatic carbocycles. The van der Waals surface area contributed by atoms with E-state index in [0.717, 1.165) is 35.8 Å². The Morgan fingerprint density at radius 2 is 1.38 bits per heavy atom. The monoisotopic (exact) mass is 736 g/mol. The Balaban J connectivity index is 1.44. The van der Waals surface area contributed by atoms with Gasteiger partial charge in [-0.25, -0.2) is 4.31 Å². The third kappa shape index (κ3) is 5.82. The Bertz CT molecular complexity index is 2030. The maximum Gasteiger partial charge on any atom is 0.274 e. The van der Waals surface area contributed by atoms with E-state index in [9.17, 15) is 24.3 Å². The summed E-state index contributed by atoms with van der Waals surface area (Å²) in [4.78, 5) is 57.9. The Kier molecular flexibility index (Phi) is 9.92. The number of hydrogen-bond acceptors (Lipinski definition) is 13. The fraction of sp³-hybridized carbons (Fsp3) is 0.125. The topological polar surface area (TPSA) is 128 Å². The van der Waals surface area contributed by atoms with E-state index in [1.807, 2.05) is 36.5 Å². The summed E-state index contributed by atoms with van der Waals surface area (Å²) in [5, 5.41) is 24.5. The minimum Gasteiger partial charge on any atom is -0.505 e. The van der Waals surface area contributed by atoms with Crippen molar-refractivity contribution in [1.82, 2.24) is 4.31 Å². The second-order valence-electron chi connectivity index (χ2n) is 9.74. The molecule has 2 N–H and O–H groups in total. The number of fused-ring (bicyclic) bond motifs is 2. The van der Waals surface area contributed by atoms with Crippen molar-refractivity contribution >= 4 is 111 Å². The number of azo groups is 1. The van der Waals surface area contributed by atoms with Crippen LogP contribution in [0.2, 0.25) is 0 Å². The maximum atomic E-state index is 13.8. The SMILES string of the molecule is CSc1c(SC)c(SC)c2c(c1SC)C(=O)C(N=Nc1ccc(NC(=O)c3ccccc3)c3c1C(=O)N(Sc1cccs1)C3=O)=C2O. The predicted molar refractivity (Wildman–Crippen MR) is 193 cm³/mol. The number of aliphatic hydroxyl groups is 1. The second kappa shape index (κ2) is 13.9. The number of benzene rings is 3. The fourth-order valence-electron chi connectivity index (χ4n) is 5.19. The summed E-state index contributed by atoms with van der Waals surface area (Å²) < 4.78 is 1.73. The van der Waals surface area contributed by atoms with Crippen LogP contribution in [0.25, 0.3) is 5.76 Å². The van der Waals surface area contributed by atoms with Crippen molar-refractivity contribution in [2.75, 3.05) is 30.3 Å². The number of thioether (sulfide) groups is 4. The molecule has 9 nitrogen and oxygen atoms in total. The van der Waals surface area contributed by atoms with Crippen molar-refractivity contribution < 1.29 is 24.3 Å². The highest BCUT2D eigenvalue weighted by Crippen LogP contribution is 2.51. The first-order valence-electron chi connectivity index (χ1n) is 13.7. The van der Waals surface area contributed by atoms with Crippen LogP contribution in [0.5, 0.6) is 0 Å². The predicted octanol–water partition coefficient (Wildman–Crippen LogP) is 9.40. The molecule has 0 fully saturated rings. The third-order valence-electron chi connectivity index (χ3n) is 7.24. The van der Waals surface area contributed by atoms with Crippen molar-refractivity contribution in [3.05, 3.63) is 93.5 Å². The molecule has 2 heterocycles. The summed E-state index contributed by atoms with van der Waals surface area (Å²) in [6, 6.07) is 15.0. The number of ketones is 1. The lowest BCUT2D eigenvalue weighted by atomic mass is 10.0. The molecule has 0 atom stereocenters. The van der Waals surface area contributed by atoms with Gasteiger partial charge in [-0.1, -0.05) is 24.3 Å². The number of hydrogen-bond donors (Lipinski definition) is 2. The van der Waals surface area contributed by atoms with Gasteiger partial charge in [-0.2, -0.15) is 0 Å². The highest BCUT2D eigenvalue weighted by Gasteiger charge is 2.42. The summed E-state index contributed by atoms with van der Waals surface area (Å²) in [5.41, 5.74) is 0.934. The largest absolute Gasteiger partial charge is 0.505 e. The van der Waals surface area contributed by atoms with Gasteiger partial charge in [-0.05, 0) is 60.7 Å². The van der Waals surface area contributed by atoms with Crippen LogP contribution in [-0.2, 0) is 0 Å². The summed E-state index contributed by atoms with van der Waals surface area (Å²) >= 11 is 8.27. The second-order valence-corrected chi connectivity index (χ2v) is 15.2. The number of nitrogens with one attached hydrogen (secondary N) is 1. The molecular formula is C32H24N4O5S6. The number of aliphatic hydroxyl groups excluding tert-OH is 1. The number of rotatable bonds is 10. The van der Waals surface area contributed by atoms with Gasteiger partial charge in [-0.3, -0.25) is 19.2 Å². The van der Waals surface area contributed by atoms with E-state index in [0.29, 0.717) is 20.9 Å². The normalized spacial score (nSPS) is 14.0. The van der Waals surface area contributed by atoms with Gasteiger partial charge in [0.2, 0.25) is 5.78 Å². The van der Waals surface area contributed by atoms with Gasteiger partial charge in [0.1, 0.15) is 0 Å². The summed E-state index contributed by atoms with van der Waals surface area (Å²) in [5.74, 6) is -2.50. The number of allylic oxidation sites excluding steroid dienone is 1. The minimum absolute atomic E-state index is 0.0131. The quantitative estimate of drug-likeness (QED) is 0.0703. The number of nitrogens with zero attached hydrogens (tertiary/aromatic N) is 3. The molecule has 1 aromatic heterocycles. The van der Waals surface area contributed by atoms with Crippen molar-refractivity contribution in [1.29, 1.82) is 0 Å². The number of imide groups is 1.